The molecule has 0 saturated heterocycles. The molecule has 16 heavy (non-hydrogen) atoms. The van der Waals surface area contributed by atoms with Crippen LogP contribution in [0, 0.1) is 5.92 Å². The number of imidazole rings is 1. The van der Waals surface area contributed by atoms with Crippen LogP contribution in [0.3, 0.4) is 0 Å². The van der Waals surface area contributed by atoms with Crippen LogP contribution in [0.25, 0.3) is 11.2 Å². The van der Waals surface area contributed by atoms with Crippen molar-refractivity contribution < 1.29 is 5.11 Å². The number of hydrogen-bond donors (Lipinski definition) is 2. The topological polar surface area (TPSA) is 83.8 Å². The van der Waals surface area contributed by atoms with Gasteiger partial charge in [-0.2, -0.15) is 0 Å². The summed E-state index contributed by atoms with van der Waals surface area (Å²) < 4.78 is 1.80. The van der Waals surface area contributed by atoms with Crippen LogP contribution in [0.2, 0.25) is 0 Å². The number of nitrogens with zero attached hydrogens (tertiary/aromatic N) is 3. The average molecular weight is 222 g/mol. The van der Waals surface area contributed by atoms with Gasteiger partial charge in [0.25, 0.3) is 5.56 Å². The molecule has 0 spiro atoms. The van der Waals surface area contributed by atoms with Crippen molar-refractivity contribution in [1.82, 2.24) is 19.5 Å². The Morgan fingerprint density at radius 3 is 3.06 bits per heavy atom. The highest BCUT2D eigenvalue weighted by molar-refractivity contribution is 5.68. The molecule has 6 nitrogen and oxygen atoms in total. The van der Waals surface area contributed by atoms with Crippen molar-refractivity contribution in [2.45, 2.75) is 19.9 Å². The molecule has 2 heterocycles. The zero-order valence-corrected chi connectivity index (χ0v) is 9.05. The predicted molar refractivity (Wildman–Crippen MR) is 59.0 cm³/mol. The van der Waals surface area contributed by atoms with E-state index in [1.54, 1.807) is 10.9 Å². The fourth-order valence-corrected chi connectivity index (χ4v) is 1.62. The Hall–Kier alpha value is -1.69. The van der Waals surface area contributed by atoms with Crippen LogP contribution >= 0.6 is 0 Å². The summed E-state index contributed by atoms with van der Waals surface area (Å²) in [4.78, 5) is 22.0. The maximum Gasteiger partial charge on any atom is 0.278 e. The summed E-state index contributed by atoms with van der Waals surface area (Å²) in [5, 5.41) is 9.13. The first-order valence-electron chi connectivity index (χ1n) is 5.25. The fourth-order valence-electron chi connectivity index (χ4n) is 1.62. The molecule has 0 fully saturated rings. The van der Waals surface area contributed by atoms with Crippen molar-refractivity contribution in [3.8, 4) is 0 Å². The maximum absolute atomic E-state index is 11.4. The quantitative estimate of drug-likeness (QED) is 0.770. The maximum atomic E-state index is 11.4. The van der Waals surface area contributed by atoms with E-state index in [0.717, 1.165) is 6.42 Å². The van der Waals surface area contributed by atoms with Crippen molar-refractivity contribution in [3.05, 3.63) is 23.0 Å². The normalized spacial score (nSPS) is 13.1. The first-order valence-corrected chi connectivity index (χ1v) is 5.25. The number of fused-ring (bicyclic) bond motifs is 1. The molecule has 1 unspecified atom stereocenters. The first-order chi connectivity index (χ1) is 7.76. The van der Waals surface area contributed by atoms with Gasteiger partial charge in [0, 0.05) is 13.2 Å². The van der Waals surface area contributed by atoms with E-state index in [1.807, 2.05) is 6.92 Å². The van der Waals surface area contributed by atoms with Gasteiger partial charge in [-0.25, -0.2) is 9.97 Å². The Kier molecular flexibility index (Phi) is 3.00. The van der Waals surface area contributed by atoms with Crippen LogP contribution in [-0.4, -0.2) is 31.2 Å². The van der Waals surface area contributed by atoms with E-state index in [0.29, 0.717) is 17.7 Å². The SMILES string of the molecule is CCC(CO)Cn1cnc2c(=O)[nH]cnc21. The van der Waals surface area contributed by atoms with Gasteiger partial charge in [0.15, 0.2) is 11.2 Å². The molecule has 0 aromatic carbocycles. The smallest absolute Gasteiger partial charge is 0.278 e. The van der Waals surface area contributed by atoms with Gasteiger partial charge in [-0.3, -0.25) is 4.79 Å². The molecule has 0 radical (unpaired) electrons. The number of hydrogen-bond acceptors (Lipinski definition) is 4. The predicted octanol–water partition coefficient (Wildman–Crippen LogP) is 0.138. The first kappa shape index (κ1) is 10.8. The van der Waals surface area contributed by atoms with Gasteiger partial charge >= 0.3 is 0 Å². The van der Waals surface area contributed by atoms with Gasteiger partial charge in [-0.15, -0.1) is 0 Å². The summed E-state index contributed by atoms with van der Waals surface area (Å²) in [5.74, 6) is 0.165. The lowest BCUT2D eigenvalue weighted by Gasteiger charge is -2.11. The minimum atomic E-state index is -0.235. The number of H-pyrrole nitrogens is 1. The summed E-state index contributed by atoms with van der Waals surface area (Å²) in [5.41, 5.74) is 0.673. The molecule has 6 heteroatoms. The molecule has 0 aliphatic heterocycles. The number of rotatable bonds is 4. The van der Waals surface area contributed by atoms with Gasteiger partial charge in [-0.1, -0.05) is 6.92 Å². The van der Waals surface area contributed by atoms with E-state index in [9.17, 15) is 4.79 Å². The largest absolute Gasteiger partial charge is 0.396 e. The second-order valence-corrected chi connectivity index (χ2v) is 3.76. The number of nitrogens with one attached hydrogen (secondary N) is 1. The van der Waals surface area contributed by atoms with E-state index >= 15 is 0 Å². The highest BCUT2D eigenvalue weighted by atomic mass is 16.3. The Balaban J connectivity index is 2.39. The molecule has 2 aromatic rings. The third-order valence-corrected chi connectivity index (χ3v) is 2.70. The molecular formula is C10H14N4O2. The highest BCUT2D eigenvalue weighted by Crippen LogP contribution is 2.10. The summed E-state index contributed by atoms with van der Waals surface area (Å²) in [6.45, 7) is 2.76. The van der Waals surface area contributed by atoms with Gasteiger partial charge in [0.1, 0.15) is 0 Å². The average Bonchev–Trinajstić information content (AvgIpc) is 2.71. The van der Waals surface area contributed by atoms with Crippen LogP contribution < -0.4 is 5.56 Å². The molecule has 0 bridgehead atoms. The lowest BCUT2D eigenvalue weighted by atomic mass is 10.1. The van der Waals surface area contributed by atoms with Crippen molar-refractivity contribution in [3.63, 3.8) is 0 Å². The lowest BCUT2D eigenvalue weighted by Crippen LogP contribution is -2.14. The van der Waals surface area contributed by atoms with E-state index in [1.165, 1.54) is 6.33 Å². The summed E-state index contributed by atoms with van der Waals surface area (Å²) in [6.07, 6.45) is 3.83. The molecule has 0 aliphatic carbocycles. The summed E-state index contributed by atoms with van der Waals surface area (Å²) in [7, 11) is 0. The Morgan fingerprint density at radius 2 is 2.38 bits per heavy atom. The second kappa shape index (κ2) is 4.44. The third kappa shape index (κ3) is 1.83. The van der Waals surface area contributed by atoms with Crippen LogP contribution in [0.5, 0.6) is 0 Å². The molecule has 2 rings (SSSR count). The van der Waals surface area contributed by atoms with Crippen LogP contribution in [0.15, 0.2) is 17.4 Å². The Labute approximate surface area is 92.0 Å². The van der Waals surface area contributed by atoms with Crippen molar-refractivity contribution >= 4 is 11.2 Å². The van der Waals surface area contributed by atoms with Gasteiger partial charge in [-0.05, 0) is 12.3 Å². The Bertz CT molecular complexity index is 527. The van der Waals surface area contributed by atoms with Crippen molar-refractivity contribution in [2.75, 3.05) is 6.61 Å². The van der Waals surface area contributed by atoms with E-state index in [4.69, 9.17) is 5.11 Å². The minimum Gasteiger partial charge on any atom is -0.396 e. The molecular weight excluding hydrogens is 208 g/mol. The standard InChI is InChI=1S/C10H14N4O2/c1-2-7(4-15)3-14-6-13-8-9(14)11-5-12-10(8)16/h5-7,15H,2-4H2,1H3,(H,11,12,16). The number of aliphatic hydroxyl groups excluding tert-OH is 1. The van der Waals surface area contributed by atoms with Crippen LogP contribution in [0.1, 0.15) is 13.3 Å². The van der Waals surface area contributed by atoms with Gasteiger partial charge in [0.05, 0.1) is 12.7 Å². The molecule has 2 N–H and O–H groups in total. The van der Waals surface area contributed by atoms with E-state index in [2.05, 4.69) is 15.0 Å². The molecule has 2 aromatic heterocycles. The number of aliphatic hydroxyl groups is 1. The highest BCUT2D eigenvalue weighted by Gasteiger charge is 2.11. The number of aromatic amines is 1. The molecule has 0 saturated carbocycles. The molecule has 0 aliphatic rings. The van der Waals surface area contributed by atoms with E-state index in [-0.39, 0.29) is 18.1 Å². The van der Waals surface area contributed by atoms with Crippen LogP contribution in [-0.2, 0) is 6.54 Å². The summed E-state index contributed by atoms with van der Waals surface area (Å²) in [6, 6.07) is 0. The second-order valence-electron chi connectivity index (χ2n) is 3.76. The molecule has 0 amide bonds. The monoisotopic (exact) mass is 222 g/mol. The minimum absolute atomic E-state index is 0.124. The molecule has 86 valence electrons. The zero-order valence-electron chi connectivity index (χ0n) is 9.05. The third-order valence-electron chi connectivity index (χ3n) is 2.70. The number of aromatic nitrogens is 4. The van der Waals surface area contributed by atoms with Crippen LogP contribution in [0.4, 0.5) is 0 Å². The van der Waals surface area contributed by atoms with Gasteiger partial charge in [0.2, 0.25) is 0 Å². The molecule has 1 atom stereocenters. The van der Waals surface area contributed by atoms with E-state index < -0.39 is 0 Å². The fraction of sp³-hybridized carbons (Fsp3) is 0.500. The van der Waals surface area contributed by atoms with Gasteiger partial charge < -0.3 is 14.7 Å². The summed E-state index contributed by atoms with van der Waals surface area (Å²) >= 11 is 0. The zero-order chi connectivity index (χ0) is 11.5. The Morgan fingerprint density at radius 1 is 1.56 bits per heavy atom. The van der Waals surface area contributed by atoms with Crippen molar-refractivity contribution in [1.29, 1.82) is 0 Å². The lowest BCUT2D eigenvalue weighted by molar-refractivity contribution is 0.208. The van der Waals surface area contributed by atoms with Crippen molar-refractivity contribution in [2.24, 2.45) is 5.92 Å².